The van der Waals surface area contributed by atoms with Crippen molar-refractivity contribution in [3.8, 4) is 0 Å². The molecule has 0 saturated carbocycles. The third kappa shape index (κ3) is 3.51. The van der Waals surface area contributed by atoms with E-state index in [-0.39, 0.29) is 11.6 Å². The highest BCUT2D eigenvalue weighted by molar-refractivity contribution is 5.95. The summed E-state index contributed by atoms with van der Waals surface area (Å²) in [6, 6.07) is 3.06. The number of amides is 2. The van der Waals surface area contributed by atoms with Crippen LogP contribution < -0.4 is 11.1 Å². The van der Waals surface area contributed by atoms with E-state index < -0.39 is 23.8 Å². The van der Waals surface area contributed by atoms with Crippen molar-refractivity contribution in [2.24, 2.45) is 11.7 Å². The zero-order valence-electron chi connectivity index (χ0n) is 9.61. The van der Waals surface area contributed by atoms with Gasteiger partial charge in [0.1, 0.15) is 11.7 Å². The Balaban J connectivity index is 2.81. The van der Waals surface area contributed by atoms with Crippen LogP contribution in [0.1, 0.15) is 24.3 Å². The first-order chi connectivity index (χ1) is 7.91. The topological polar surface area (TPSA) is 85.1 Å². The fourth-order valence-corrected chi connectivity index (χ4v) is 1.32. The molecular weight excluding hydrogens is 225 g/mol. The summed E-state index contributed by atoms with van der Waals surface area (Å²) in [6.07, 6.45) is 0. The number of halogens is 1. The molecule has 1 heterocycles. The molecule has 0 aliphatic carbocycles. The third-order valence-electron chi connectivity index (χ3n) is 2.21. The van der Waals surface area contributed by atoms with Crippen LogP contribution in [0.2, 0.25) is 0 Å². The lowest BCUT2D eigenvalue weighted by Gasteiger charge is -2.18. The number of primary amides is 1. The molecule has 92 valence electrons. The van der Waals surface area contributed by atoms with Crippen molar-refractivity contribution in [3.05, 3.63) is 29.8 Å². The van der Waals surface area contributed by atoms with E-state index in [9.17, 15) is 14.0 Å². The number of pyridine rings is 1. The summed E-state index contributed by atoms with van der Waals surface area (Å²) in [4.78, 5) is 26.2. The molecule has 1 rings (SSSR count). The second-order valence-corrected chi connectivity index (χ2v) is 3.94. The van der Waals surface area contributed by atoms with Gasteiger partial charge in [0.25, 0.3) is 5.91 Å². The number of nitrogens with zero attached hydrogens (tertiary/aromatic N) is 1. The number of nitrogens with one attached hydrogen (secondary N) is 1. The minimum Gasteiger partial charge on any atom is -0.368 e. The normalized spacial score (nSPS) is 12.2. The third-order valence-corrected chi connectivity index (χ3v) is 2.21. The Morgan fingerprint density at radius 2 is 2.06 bits per heavy atom. The number of hydrogen-bond acceptors (Lipinski definition) is 3. The van der Waals surface area contributed by atoms with E-state index in [1.54, 1.807) is 13.8 Å². The molecule has 0 fully saturated rings. The van der Waals surface area contributed by atoms with Gasteiger partial charge in [0, 0.05) is 0 Å². The molecule has 1 aromatic heterocycles. The summed E-state index contributed by atoms with van der Waals surface area (Å²) >= 11 is 0. The standard InChI is InChI=1S/C11H14FN3O2/c1-6(2)9(10(13)16)15-11(17)7-4-3-5-8(12)14-7/h3-6,9H,1-2H3,(H2,13,16)(H,15,17). The van der Waals surface area contributed by atoms with Gasteiger partial charge in [-0.2, -0.15) is 4.39 Å². The summed E-state index contributed by atoms with van der Waals surface area (Å²) in [5.41, 5.74) is 5.06. The summed E-state index contributed by atoms with van der Waals surface area (Å²) in [5, 5.41) is 2.42. The van der Waals surface area contributed by atoms with Crippen molar-refractivity contribution >= 4 is 11.8 Å². The highest BCUT2D eigenvalue weighted by Gasteiger charge is 2.22. The van der Waals surface area contributed by atoms with Gasteiger partial charge in [-0.25, -0.2) is 4.98 Å². The Morgan fingerprint density at radius 1 is 1.41 bits per heavy atom. The molecule has 0 bridgehead atoms. The lowest BCUT2D eigenvalue weighted by molar-refractivity contribution is -0.120. The zero-order valence-corrected chi connectivity index (χ0v) is 9.61. The molecule has 5 nitrogen and oxygen atoms in total. The van der Waals surface area contributed by atoms with E-state index in [1.807, 2.05) is 0 Å². The minimum atomic E-state index is -0.799. The second kappa shape index (κ2) is 5.38. The first-order valence-corrected chi connectivity index (χ1v) is 5.14. The fourth-order valence-electron chi connectivity index (χ4n) is 1.32. The van der Waals surface area contributed by atoms with Gasteiger partial charge in [-0.3, -0.25) is 9.59 Å². The van der Waals surface area contributed by atoms with Gasteiger partial charge in [-0.1, -0.05) is 19.9 Å². The van der Waals surface area contributed by atoms with E-state index in [2.05, 4.69) is 10.3 Å². The highest BCUT2D eigenvalue weighted by atomic mass is 19.1. The van der Waals surface area contributed by atoms with E-state index in [1.165, 1.54) is 12.1 Å². The predicted octanol–water partition coefficient (Wildman–Crippen LogP) is 0.460. The minimum absolute atomic E-state index is 0.0862. The molecule has 0 radical (unpaired) electrons. The highest BCUT2D eigenvalue weighted by Crippen LogP contribution is 2.03. The van der Waals surface area contributed by atoms with E-state index in [0.717, 1.165) is 6.07 Å². The van der Waals surface area contributed by atoms with E-state index >= 15 is 0 Å². The van der Waals surface area contributed by atoms with Gasteiger partial charge in [0.05, 0.1) is 0 Å². The SMILES string of the molecule is CC(C)C(NC(=O)c1cccc(F)n1)C(N)=O. The monoisotopic (exact) mass is 239 g/mol. The van der Waals surface area contributed by atoms with Crippen molar-refractivity contribution in [2.75, 3.05) is 0 Å². The van der Waals surface area contributed by atoms with E-state index in [4.69, 9.17) is 5.73 Å². The average molecular weight is 239 g/mol. The lowest BCUT2D eigenvalue weighted by atomic mass is 10.0. The molecule has 1 aromatic rings. The summed E-state index contributed by atoms with van der Waals surface area (Å²) in [5.74, 6) is -2.16. The van der Waals surface area contributed by atoms with Crippen LogP contribution in [-0.4, -0.2) is 22.8 Å². The first-order valence-electron chi connectivity index (χ1n) is 5.14. The molecule has 0 aromatic carbocycles. The molecule has 1 atom stereocenters. The Kier molecular flexibility index (Phi) is 4.14. The van der Waals surface area contributed by atoms with E-state index in [0.29, 0.717) is 0 Å². The summed E-state index contributed by atoms with van der Waals surface area (Å²) < 4.78 is 12.8. The number of carbonyl (C=O) groups is 2. The fraction of sp³-hybridized carbons (Fsp3) is 0.364. The lowest BCUT2D eigenvalue weighted by Crippen LogP contribution is -2.47. The van der Waals surface area contributed by atoms with Crippen LogP contribution >= 0.6 is 0 Å². The molecule has 6 heteroatoms. The van der Waals surface area contributed by atoms with Gasteiger partial charge >= 0.3 is 0 Å². The quantitative estimate of drug-likeness (QED) is 0.748. The number of rotatable bonds is 4. The molecule has 0 aliphatic heterocycles. The molecule has 3 N–H and O–H groups in total. The number of aromatic nitrogens is 1. The van der Waals surface area contributed by atoms with Gasteiger partial charge in [-0.05, 0) is 18.1 Å². The summed E-state index contributed by atoms with van der Waals surface area (Å²) in [6.45, 7) is 3.49. The van der Waals surface area contributed by atoms with Crippen LogP contribution in [0.3, 0.4) is 0 Å². The Labute approximate surface area is 98.2 Å². The number of hydrogen-bond donors (Lipinski definition) is 2. The molecular formula is C11H14FN3O2. The number of nitrogens with two attached hydrogens (primary N) is 1. The van der Waals surface area contributed by atoms with Crippen molar-refractivity contribution in [1.82, 2.24) is 10.3 Å². The smallest absolute Gasteiger partial charge is 0.270 e. The maximum Gasteiger partial charge on any atom is 0.270 e. The van der Waals surface area contributed by atoms with Gasteiger partial charge in [0.2, 0.25) is 11.9 Å². The Hall–Kier alpha value is -1.98. The second-order valence-electron chi connectivity index (χ2n) is 3.94. The van der Waals surface area contributed by atoms with Crippen LogP contribution in [0, 0.1) is 11.9 Å². The van der Waals surface area contributed by atoms with Crippen LogP contribution in [-0.2, 0) is 4.79 Å². The van der Waals surface area contributed by atoms with Gasteiger partial charge < -0.3 is 11.1 Å². The maximum absolute atomic E-state index is 12.8. The largest absolute Gasteiger partial charge is 0.368 e. The van der Waals surface area contributed by atoms with Crippen molar-refractivity contribution in [1.29, 1.82) is 0 Å². The molecule has 2 amide bonds. The molecule has 0 saturated heterocycles. The van der Waals surface area contributed by atoms with Crippen LogP contribution in [0.4, 0.5) is 4.39 Å². The molecule has 0 aliphatic rings. The van der Waals surface area contributed by atoms with Crippen LogP contribution in [0.5, 0.6) is 0 Å². The van der Waals surface area contributed by atoms with Crippen LogP contribution in [0.25, 0.3) is 0 Å². The van der Waals surface area contributed by atoms with Crippen molar-refractivity contribution in [3.63, 3.8) is 0 Å². The zero-order chi connectivity index (χ0) is 13.0. The van der Waals surface area contributed by atoms with Crippen molar-refractivity contribution < 1.29 is 14.0 Å². The predicted molar refractivity (Wildman–Crippen MR) is 59.5 cm³/mol. The van der Waals surface area contributed by atoms with Gasteiger partial charge in [-0.15, -0.1) is 0 Å². The van der Waals surface area contributed by atoms with Crippen LogP contribution in [0.15, 0.2) is 18.2 Å². The Morgan fingerprint density at radius 3 is 2.53 bits per heavy atom. The molecule has 1 unspecified atom stereocenters. The first kappa shape index (κ1) is 13.1. The van der Waals surface area contributed by atoms with Gasteiger partial charge in [0.15, 0.2) is 0 Å². The number of carbonyl (C=O) groups excluding carboxylic acids is 2. The average Bonchev–Trinajstić information content (AvgIpc) is 2.24. The molecule has 0 spiro atoms. The maximum atomic E-state index is 12.8. The summed E-state index contributed by atoms with van der Waals surface area (Å²) in [7, 11) is 0. The van der Waals surface area contributed by atoms with Crippen molar-refractivity contribution in [2.45, 2.75) is 19.9 Å². The Bertz CT molecular complexity index is 434. The molecule has 17 heavy (non-hydrogen) atoms.